The zero-order valence-electron chi connectivity index (χ0n) is 19.2. The lowest BCUT2D eigenvalue weighted by molar-refractivity contribution is 0.356. The van der Waals surface area contributed by atoms with E-state index in [2.05, 4.69) is 79.7 Å². The predicted molar refractivity (Wildman–Crippen MR) is 137 cm³/mol. The van der Waals surface area contributed by atoms with Crippen LogP contribution in [0.5, 0.6) is 0 Å². The molecule has 3 aromatic carbocycles. The van der Waals surface area contributed by atoms with Crippen LogP contribution in [0, 0.1) is 12.8 Å². The molecule has 1 aliphatic rings. The number of hydrogen-bond donors (Lipinski definition) is 0. The van der Waals surface area contributed by atoms with Crippen LogP contribution in [0.2, 0.25) is 0 Å². The van der Waals surface area contributed by atoms with Gasteiger partial charge in [-0.05, 0) is 54.2 Å². The minimum Gasteiger partial charge on any atom is -0.455 e. The van der Waals surface area contributed by atoms with Gasteiger partial charge < -0.3 is 4.42 Å². The lowest BCUT2D eigenvalue weighted by atomic mass is 9.85. The molecule has 2 nitrogen and oxygen atoms in total. The van der Waals surface area contributed by atoms with Gasteiger partial charge in [-0.15, -0.1) is 0 Å². The van der Waals surface area contributed by atoms with E-state index >= 15 is 0 Å². The smallest absolute Gasteiger partial charge is 0.145 e. The SMILES string of the molecule is Cc1ccc(-c2cc(CC3CCCCC3)ccn2)c2oc3c(-c4ccccc4)cccc3c12. The molecular weight excluding hydrogens is 402 g/mol. The molecule has 2 heteroatoms. The van der Waals surface area contributed by atoms with Gasteiger partial charge >= 0.3 is 0 Å². The largest absolute Gasteiger partial charge is 0.455 e. The standard InChI is InChI=1S/C31H29NO/c1-21-15-16-26(28-20-23(17-18-32-28)19-22-9-4-2-5-10-22)31-29(21)27-14-8-13-25(30(27)33-31)24-11-6-3-7-12-24/h3,6-8,11-18,20,22H,2,4-5,9-10,19H2,1H3. The van der Waals surface area contributed by atoms with Gasteiger partial charge in [-0.1, -0.05) is 86.7 Å². The van der Waals surface area contributed by atoms with Crippen LogP contribution in [0.3, 0.4) is 0 Å². The Bertz CT molecular complexity index is 1420. The van der Waals surface area contributed by atoms with Gasteiger partial charge in [0.15, 0.2) is 0 Å². The fourth-order valence-electron chi connectivity index (χ4n) is 5.59. The van der Waals surface area contributed by atoms with Crippen molar-refractivity contribution in [3.63, 3.8) is 0 Å². The van der Waals surface area contributed by atoms with E-state index in [0.717, 1.165) is 40.3 Å². The highest BCUT2D eigenvalue weighted by Gasteiger charge is 2.19. The van der Waals surface area contributed by atoms with Gasteiger partial charge in [-0.2, -0.15) is 0 Å². The lowest BCUT2D eigenvalue weighted by Crippen LogP contribution is -2.09. The maximum Gasteiger partial charge on any atom is 0.145 e. The molecule has 1 saturated carbocycles. The van der Waals surface area contributed by atoms with Crippen LogP contribution in [0.1, 0.15) is 43.2 Å². The molecule has 0 spiro atoms. The Morgan fingerprint density at radius 2 is 1.67 bits per heavy atom. The summed E-state index contributed by atoms with van der Waals surface area (Å²) in [4.78, 5) is 4.77. The van der Waals surface area contributed by atoms with E-state index in [1.54, 1.807) is 0 Å². The molecule has 33 heavy (non-hydrogen) atoms. The average Bonchev–Trinajstić information content (AvgIpc) is 3.26. The minimum absolute atomic E-state index is 0.812. The van der Waals surface area contributed by atoms with Crippen molar-refractivity contribution in [1.82, 2.24) is 4.98 Å². The van der Waals surface area contributed by atoms with E-state index in [1.807, 2.05) is 6.20 Å². The van der Waals surface area contributed by atoms with Gasteiger partial charge in [0, 0.05) is 28.1 Å². The summed E-state index contributed by atoms with van der Waals surface area (Å²) in [6, 6.07) is 25.8. The molecule has 2 aromatic heterocycles. The summed E-state index contributed by atoms with van der Waals surface area (Å²) < 4.78 is 6.65. The first-order chi connectivity index (χ1) is 16.3. The molecule has 0 amide bonds. The third-order valence-corrected chi connectivity index (χ3v) is 7.29. The molecule has 0 N–H and O–H groups in total. The molecular formula is C31H29NO. The Kier molecular flexibility index (Phi) is 5.22. The Morgan fingerprint density at radius 3 is 2.52 bits per heavy atom. The average molecular weight is 432 g/mol. The fraction of sp³-hybridized carbons (Fsp3) is 0.258. The van der Waals surface area contributed by atoms with Crippen LogP contribution < -0.4 is 0 Å². The van der Waals surface area contributed by atoms with Crippen LogP contribution in [-0.4, -0.2) is 4.98 Å². The van der Waals surface area contributed by atoms with Gasteiger partial charge in [-0.3, -0.25) is 4.98 Å². The maximum absolute atomic E-state index is 6.65. The summed E-state index contributed by atoms with van der Waals surface area (Å²) in [6.45, 7) is 2.17. The Morgan fingerprint density at radius 1 is 0.818 bits per heavy atom. The van der Waals surface area contributed by atoms with E-state index in [0.29, 0.717) is 0 Å². The van der Waals surface area contributed by atoms with Gasteiger partial charge in [0.2, 0.25) is 0 Å². The molecule has 1 aliphatic carbocycles. The van der Waals surface area contributed by atoms with Crippen LogP contribution in [-0.2, 0) is 6.42 Å². The lowest BCUT2D eigenvalue weighted by Gasteiger charge is -2.21. The minimum atomic E-state index is 0.812. The van der Waals surface area contributed by atoms with Gasteiger partial charge in [0.25, 0.3) is 0 Å². The molecule has 0 aliphatic heterocycles. The number of aromatic nitrogens is 1. The number of hydrogen-bond acceptors (Lipinski definition) is 2. The summed E-state index contributed by atoms with van der Waals surface area (Å²) in [5, 5.41) is 2.36. The third-order valence-electron chi connectivity index (χ3n) is 7.29. The molecule has 6 rings (SSSR count). The van der Waals surface area contributed by atoms with E-state index in [1.165, 1.54) is 59.6 Å². The summed E-state index contributed by atoms with van der Waals surface area (Å²) in [6.07, 6.45) is 10.0. The van der Waals surface area contributed by atoms with Crippen LogP contribution in [0.15, 0.2) is 83.4 Å². The zero-order valence-corrected chi connectivity index (χ0v) is 19.2. The second kappa shape index (κ2) is 8.51. The van der Waals surface area contributed by atoms with Crippen molar-refractivity contribution in [3.8, 4) is 22.4 Å². The molecule has 0 radical (unpaired) electrons. The molecule has 1 fully saturated rings. The van der Waals surface area contributed by atoms with Crippen LogP contribution in [0.4, 0.5) is 0 Å². The quantitative estimate of drug-likeness (QED) is 0.284. The molecule has 164 valence electrons. The number of benzene rings is 3. The summed E-state index contributed by atoms with van der Waals surface area (Å²) in [5.74, 6) is 0.812. The van der Waals surface area contributed by atoms with Crippen molar-refractivity contribution in [1.29, 1.82) is 0 Å². The number of para-hydroxylation sites is 1. The van der Waals surface area contributed by atoms with Crippen LogP contribution in [0.25, 0.3) is 44.3 Å². The first-order valence-electron chi connectivity index (χ1n) is 12.2. The Hall–Kier alpha value is -3.39. The normalized spacial score (nSPS) is 14.8. The van der Waals surface area contributed by atoms with Gasteiger partial charge in [0.1, 0.15) is 11.2 Å². The molecule has 0 unspecified atom stereocenters. The number of nitrogens with zero attached hydrogens (tertiary/aromatic N) is 1. The maximum atomic E-state index is 6.65. The van der Waals surface area contributed by atoms with E-state index < -0.39 is 0 Å². The highest BCUT2D eigenvalue weighted by atomic mass is 16.3. The van der Waals surface area contributed by atoms with Gasteiger partial charge in [-0.25, -0.2) is 0 Å². The first-order valence-corrected chi connectivity index (χ1v) is 12.2. The third kappa shape index (κ3) is 3.74. The fourth-order valence-corrected chi connectivity index (χ4v) is 5.59. The first kappa shape index (κ1) is 20.2. The Balaban J connectivity index is 1.49. The topological polar surface area (TPSA) is 26.0 Å². The molecule has 5 aromatic rings. The number of fused-ring (bicyclic) bond motifs is 3. The highest BCUT2D eigenvalue weighted by Crippen LogP contribution is 2.41. The van der Waals surface area contributed by atoms with E-state index in [-0.39, 0.29) is 0 Å². The van der Waals surface area contributed by atoms with E-state index in [4.69, 9.17) is 9.40 Å². The van der Waals surface area contributed by atoms with Crippen molar-refractivity contribution < 1.29 is 4.42 Å². The zero-order chi connectivity index (χ0) is 22.2. The molecule has 2 heterocycles. The molecule has 0 bridgehead atoms. The van der Waals surface area contributed by atoms with Crippen molar-refractivity contribution in [2.45, 2.75) is 45.4 Å². The van der Waals surface area contributed by atoms with E-state index in [9.17, 15) is 0 Å². The second-order valence-electron chi connectivity index (χ2n) is 9.54. The summed E-state index contributed by atoms with van der Waals surface area (Å²) >= 11 is 0. The van der Waals surface area contributed by atoms with Crippen molar-refractivity contribution in [2.75, 3.05) is 0 Å². The number of pyridine rings is 1. The molecule has 0 saturated heterocycles. The monoisotopic (exact) mass is 431 g/mol. The van der Waals surface area contributed by atoms with Crippen molar-refractivity contribution >= 4 is 21.9 Å². The van der Waals surface area contributed by atoms with Crippen molar-refractivity contribution in [3.05, 3.63) is 90.1 Å². The second-order valence-corrected chi connectivity index (χ2v) is 9.54. The van der Waals surface area contributed by atoms with Crippen LogP contribution >= 0.6 is 0 Å². The highest BCUT2D eigenvalue weighted by molar-refractivity contribution is 6.14. The molecule has 0 atom stereocenters. The Labute approximate surface area is 195 Å². The summed E-state index contributed by atoms with van der Waals surface area (Å²) in [7, 11) is 0. The van der Waals surface area contributed by atoms with Crippen molar-refractivity contribution in [2.24, 2.45) is 5.92 Å². The number of rotatable bonds is 4. The van der Waals surface area contributed by atoms with Gasteiger partial charge in [0.05, 0.1) is 5.69 Å². The predicted octanol–water partition coefficient (Wildman–Crippen LogP) is 8.75. The number of aryl methyl sites for hydroxylation is 1. The summed E-state index contributed by atoms with van der Waals surface area (Å²) in [5.41, 5.74) is 8.91. The number of furan rings is 1.